The third kappa shape index (κ3) is 5.89. The van der Waals surface area contributed by atoms with Crippen molar-refractivity contribution in [3.05, 3.63) is 93.1 Å². The van der Waals surface area contributed by atoms with Gasteiger partial charge in [0.2, 0.25) is 0 Å². The van der Waals surface area contributed by atoms with E-state index in [2.05, 4.69) is 33.1 Å². The number of nitrogens with one attached hydrogen (secondary N) is 1. The van der Waals surface area contributed by atoms with Gasteiger partial charge in [-0.1, -0.05) is 6.07 Å². The largest absolute Gasteiger partial charge is 0.497 e. The van der Waals surface area contributed by atoms with Gasteiger partial charge in [-0.15, -0.1) is 0 Å². The highest BCUT2D eigenvalue weighted by atomic mass is 127. The van der Waals surface area contributed by atoms with Crippen molar-refractivity contribution in [3.63, 3.8) is 0 Å². The fourth-order valence-corrected chi connectivity index (χ4v) is 2.92. The van der Waals surface area contributed by atoms with Crippen LogP contribution in [0.3, 0.4) is 0 Å². The Morgan fingerprint density at radius 3 is 2.28 bits per heavy atom. The first-order chi connectivity index (χ1) is 14.0. The third-order valence-corrected chi connectivity index (χ3v) is 4.55. The topological polar surface area (TPSA) is 77.0 Å². The number of carbonyl (C=O) groups excluding carboxylic acids is 2. The van der Waals surface area contributed by atoms with Gasteiger partial charge in [-0.3, -0.25) is 4.79 Å². The molecule has 146 valence electrons. The van der Waals surface area contributed by atoms with Crippen LogP contribution in [0, 0.1) is 3.57 Å². The molecule has 6 nitrogen and oxygen atoms in total. The number of halogens is 1. The van der Waals surface area contributed by atoms with E-state index >= 15 is 0 Å². The summed E-state index contributed by atoms with van der Waals surface area (Å²) in [4.78, 5) is 24.2. The van der Waals surface area contributed by atoms with E-state index in [9.17, 15) is 9.59 Å². The molecule has 0 aromatic heterocycles. The average molecular weight is 500 g/mol. The number of amides is 1. The van der Waals surface area contributed by atoms with E-state index in [4.69, 9.17) is 9.47 Å². The molecule has 1 amide bonds. The van der Waals surface area contributed by atoms with E-state index in [0.29, 0.717) is 22.6 Å². The lowest BCUT2D eigenvalue weighted by atomic mass is 10.2. The Morgan fingerprint density at radius 2 is 1.62 bits per heavy atom. The number of methoxy groups -OCH3 is 1. The Balaban J connectivity index is 1.56. The molecule has 0 bridgehead atoms. The Bertz CT molecular complexity index is 1030. The van der Waals surface area contributed by atoms with Gasteiger partial charge in [0.05, 0.1) is 18.9 Å². The Kier molecular flexibility index (Phi) is 6.96. The van der Waals surface area contributed by atoms with Crippen LogP contribution in [0.15, 0.2) is 77.9 Å². The van der Waals surface area contributed by atoms with Crippen LogP contribution in [0.4, 0.5) is 0 Å². The number of rotatable bonds is 6. The van der Waals surface area contributed by atoms with Crippen LogP contribution in [0.1, 0.15) is 26.3 Å². The quantitative estimate of drug-likeness (QED) is 0.180. The molecule has 29 heavy (non-hydrogen) atoms. The van der Waals surface area contributed by atoms with Crippen LogP contribution >= 0.6 is 22.6 Å². The second kappa shape index (κ2) is 9.83. The zero-order valence-corrected chi connectivity index (χ0v) is 17.6. The molecule has 0 fully saturated rings. The standard InChI is InChI=1S/C22H17IN2O4/c1-28-19-11-7-16(8-12-19)22(27)29-20-9-5-15(6-10-20)14-24-25-21(26)17-3-2-4-18(23)13-17/h2-14H,1H3,(H,25,26)/b24-14-. The Morgan fingerprint density at radius 1 is 0.931 bits per heavy atom. The molecule has 0 saturated heterocycles. The molecular formula is C22H17IN2O4. The molecule has 0 saturated carbocycles. The van der Waals surface area contributed by atoms with E-state index in [-0.39, 0.29) is 5.91 Å². The molecule has 0 atom stereocenters. The van der Waals surface area contributed by atoms with Crippen molar-refractivity contribution in [1.82, 2.24) is 5.43 Å². The molecule has 0 aliphatic rings. The van der Waals surface area contributed by atoms with Gasteiger partial charge in [0.1, 0.15) is 11.5 Å². The summed E-state index contributed by atoms with van der Waals surface area (Å²) in [6.07, 6.45) is 1.51. The summed E-state index contributed by atoms with van der Waals surface area (Å²) in [6, 6.07) is 20.7. The monoisotopic (exact) mass is 500 g/mol. The highest BCUT2D eigenvalue weighted by Crippen LogP contribution is 2.16. The molecule has 7 heteroatoms. The van der Waals surface area contributed by atoms with Crippen molar-refractivity contribution in [2.24, 2.45) is 5.10 Å². The Labute approximate surface area is 181 Å². The minimum Gasteiger partial charge on any atom is -0.497 e. The highest BCUT2D eigenvalue weighted by Gasteiger charge is 2.08. The Hall–Kier alpha value is -3.20. The first kappa shape index (κ1) is 20.5. The van der Waals surface area contributed by atoms with E-state index in [1.54, 1.807) is 67.8 Å². The lowest BCUT2D eigenvalue weighted by Crippen LogP contribution is -2.17. The maximum Gasteiger partial charge on any atom is 0.343 e. The second-order valence-electron chi connectivity index (χ2n) is 5.90. The number of nitrogens with zero attached hydrogens (tertiary/aromatic N) is 1. The van der Waals surface area contributed by atoms with Crippen molar-refractivity contribution in [3.8, 4) is 11.5 Å². The average Bonchev–Trinajstić information content (AvgIpc) is 2.75. The predicted molar refractivity (Wildman–Crippen MR) is 119 cm³/mol. The zero-order valence-electron chi connectivity index (χ0n) is 15.5. The maximum absolute atomic E-state index is 12.2. The molecule has 1 N–H and O–H groups in total. The van der Waals surface area contributed by atoms with Gasteiger partial charge in [-0.25, -0.2) is 10.2 Å². The first-order valence-corrected chi connectivity index (χ1v) is 9.68. The SMILES string of the molecule is COc1ccc(C(=O)Oc2ccc(/C=N\NC(=O)c3cccc(I)c3)cc2)cc1. The number of hydrazone groups is 1. The molecular weight excluding hydrogens is 483 g/mol. The molecule has 0 radical (unpaired) electrons. The fourth-order valence-electron chi connectivity index (χ4n) is 2.37. The molecule has 0 unspecified atom stereocenters. The summed E-state index contributed by atoms with van der Waals surface area (Å²) in [5, 5.41) is 3.96. The summed E-state index contributed by atoms with van der Waals surface area (Å²) in [6.45, 7) is 0. The number of hydrogen-bond donors (Lipinski definition) is 1. The molecule has 3 aromatic carbocycles. The number of carbonyl (C=O) groups is 2. The maximum atomic E-state index is 12.2. The van der Waals surface area contributed by atoms with Gasteiger partial charge < -0.3 is 9.47 Å². The molecule has 3 aromatic rings. The minimum atomic E-state index is -0.459. The van der Waals surface area contributed by atoms with Crippen LogP contribution in [0.25, 0.3) is 0 Å². The minimum absolute atomic E-state index is 0.287. The normalized spacial score (nSPS) is 10.6. The number of hydrogen-bond acceptors (Lipinski definition) is 5. The van der Waals surface area contributed by atoms with Crippen molar-refractivity contribution in [2.45, 2.75) is 0 Å². The number of benzene rings is 3. The summed E-state index contributed by atoms with van der Waals surface area (Å²) in [7, 11) is 1.56. The van der Waals surface area contributed by atoms with Crippen LogP contribution in [-0.2, 0) is 0 Å². The van der Waals surface area contributed by atoms with Crippen molar-refractivity contribution in [1.29, 1.82) is 0 Å². The molecule has 3 rings (SSSR count). The van der Waals surface area contributed by atoms with E-state index in [1.165, 1.54) is 6.21 Å². The smallest absolute Gasteiger partial charge is 0.343 e. The molecule has 0 aliphatic carbocycles. The van der Waals surface area contributed by atoms with Gasteiger partial charge in [0.25, 0.3) is 5.91 Å². The summed E-state index contributed by atoms with van der Waals surface area (Å²) in [5.74, 6) is 0.328. The van der Waals surface area contributed by atoms with Gasteiger partial charge in [-0.05, 0) is 94.9 Å². The van der Waals surface area contributed by atoms with Crippen molar-refractivity contribution >= 4 is 40.7 Å². The van der Waals surface area contributed by atoms with Crippen molar-refractivity contribution < 1.29 is 19.1 Å². The molecule has 0 aliphatic heterocycles. The molecule has 0 heterocycles. The van der Waals surface area contributed by atoms with Gasteiger partial charge in [-0.2, -0.15) is 5.10 Å². The summed E-state index contributed by atoms with van der Waals surface area (Å²) < 4.78 is 11.4. The van der Waals surface area contributed by atoms with E-state index in [0.717, 1.165) is 9.13 Å². The summed E-state index contributed by atoms with van der Waals surface area (Å²) in [5.41, 5.74) is 4.19. The van der Waals surface area contributed by atoms with Crippen LogP contribution < -0.4 is 14.9 Å². The number of esters is 1. The lowest BCUT2D eigenvalue weighted by Gasteiger charge is -2.05. The first-order valence-electron chi connectivity index (χ1n) is 8.60. The summed E-state index contributed by atoms with van der Waals surface area (Å²) >= 11 is 2.14. The van der Waals surface area contributed by atoms with E-state index in [1.807, 2.05) is 12.1 Å². The van der Waals surface area contributed by atoms with Crippen LogP contribution in [-0.4, -0.2) is 25.2 Å². The third-order valence-electron chi connectivity index (χ3n) is 3.88. The predicted octanol–water partition coefficient (Wildman–Crippen LogP) is 4.28. The van der Waals surface area contributed by atoms with E-state index < -0.39 is 5.97 Å². The number of ether oxygens (including phenoxy) is 2. The van der Waals surface area contributed by atoms with Gasteiger partial charge >= 0.3 is 5.97 Å². The van der Waals surface area contributed by atoms with Crippen LogP contribution in [0.5, 0.6) is 11.5 Å². The second-order valence-corrected chi connectivity index (χ2v) is 7.14. The lowest BCUT2D eigenvalue weighted by molar-refractivity contribution is 0.0734. The highest BCUT2D eigenvalue weighted by molar-refractivity contribution is 14.1. The van der Waals surface area contributed by atoms with Gasteiger partial charge in [0, 0.05) is 9.13 Å². The van der Waals surface area contributed by atoms with Crippen molar-refractivity contribution in [2.75, 3.05) is 7.11 Å². The molecule has 0 spiro atoms. The zero-order chi connectivity index (χ0) is 20.6. The van der Waals surface area contributed by atoms with Crippen LogP contribution in [0.2, 0.25) is 0 Å². The van der Waals surface area contributed by atoms with Gasteiger partial charge in [0.15, 0.2) is 0 Å². The fraction of sp³-hybridized carbons (Fsp3) is 0.0455.